The number of ether oxygens (including phenoxy) is 2. The summed E-state index contributed by atoms with van der Waals surface area (Å²) in [5.74, 6) is -1.33. The van der Waals surface area contributed by atoms with Gasteiger partial charge in [-0.1, -0.05) is 29.8 Å². The van der Waals surface area contributed by atoms with E-state index in [1.807, 2.05) is 37.6 Å². The van der Waals surface area contributed by atoms with Gasteiger partial charge in [-0.05, 0) is 75.2 Å². The molecule has 0 spiro atoms. The van der Waals surface area contributed by atoms with Crippen LogP contribution in [0.3, 0.4) is 0 Å². The smallest absolute Gasteiger partial charge is 0.281 e. The van der Waals surface area contributed by atoms with Crippen molar-refractivity contribution in [1.82, 2.24) is 14.7 Å². The Morgan fingerprint density at radius 3 is 2.29 bits per heavy atom. The molecule has 0 aliphatic carbocycles. The van der Waals surface area contributed by atoms with E-state index in [4.69, 9.17) is 9.47 Å². The second-order valence-corrected chi connectivity index (χ2v) is 10.4. The Labute approximate surface area is 223 Å². The quantitative estimate of drug-likeness (QED) is 0.310. The van der Waals surface area contributed by atoms with Crippen molar-refractivity contribution in [1.29, 1.82) is 0 Å². The van der Waals surface area contributed by atoms with Crippen molar-refractivity contribution in [2.75, 3.05) is 7.11 Å². The number of pyridine rings is 2. The zero-order valence-electron chi connectivity index (χ0n) is 21.5. The summed E-state index contributed by atoms with van der Waals surface area (Å²) >= 11 is 0. The predicted octanol–water partition coefficient (Wildman–Crippen LogP) is 5.93. The standard InChI is InChI=1S/C28H26FN3O5S.2H2/c1-16-14-17(2)26(18(3)15-16)37-28-21(27(33)32-38(34,35)24-11-6-8-19(4)30-24)12-13-22(31-28)20-9-7-10-23(36-5)25(20)29;;/h6-15H,1-5H3,(H,32,33);2*1H. The van der Waals surface area contributed by atoms with Gasteiger partial charge in [0.05, 0.1) is 12.8 Å². The number of rotatable bonds is 7. The van der Waals surface area contributed by atoms with Crippen molar-refractivity contribution in [2.24, 2.45) is 0 Å². The second kappa shape index (κ2) is 10.6. The molecule has 1 amide bonds. The van der Waals surface area contributed by atoms with Gasteiger partial charge in [0, 0.05) is 14.1 Å². The van der Waals surface area contributed by atoms with Crippen LogP contribution in [-0.4, -0.2) is 31.4 Å². The molecule has 0 aliphatic heterocycles. The lowest BCUT2D eigenvalue weighted by Gasteiger charge is -2.16. The lowest BCUT2D eigenvalue weighted by molar-refractivity contribution is 0.0978. The van der Waals surface area contributed by atoms with Gasteiger partial charge in [-0.15, -0.1) is 0 Å². The van der Waals surface area contributed by atoms with Crippen LogP contribution >= 0.6 is 0 Å². The maximum absolute atomic E-state index is 15.0. The number of carbonyl (C=O) groups is 1. The van der Waals surface area contributed by atoms with Crippen LogP contribution in [0.1, 0.15) is 35.6 Å². The summed E-state index contributed by atoms with van der Waals surface area (Å²) < 4.78 is 54.0. The monoisotopic (exact) mass is 539 g/mol. The predicted molar refractivity (Wildman–Crippen MR) is 145 cm³/mol. The zero-order valence-corrected chi connectivity index (χ0v) is 22.3. The van der Waals surface area contributed by atoms with Gasteiger partial charge in [0.25, 0.3) is 15.9 Å². The number of hydrogen-bond acceptors (Lipinski definition) is 7. The van der Waals surface area contributed by atoms with E-state index in [1.165, 1.54) is 43.5 Å². The van der Waals surface area contributed by atoms with Gasteiger partial charge >= 0.3 is 0 Å². The van der Waals surface area contributed by atoms with Crippen LogP contribution in [0, 0.1) is 33.5 Å². The zero-order chi connectivity index (χ0) is 27.6. The maximum Gasteiger partial charge on any atom is 0.281 e. The normalized spacial score (nSPS) is 11.2. The number of carbonyl (C=O) groups excluding carboxylic acids is 1. The summed E-state index contributed by atoms with van der Waals surface area (Å²) in [6.45, 7) is 7.26. The molecule has 0 bridgehead atoms. The van der Waals surface area contributed by atoms with Crippen molar-refractivity contribution in [3.8, 4) is 28.6 Å². The second-order valence-electron chi connectivity index (χ2n) is 8.75. The largest absolute Gasteiger partial charge is 0.494 e. The van der Waals surface area contributed by atoms with Crippen molar-refractivity contribution < 1.29 is 29.9 Å². The highest BCUT2D eigenvalue weighted by Crippen LogP contribution is 2.34. The Hall–Kier alpha value is -4.31. The fourth-order valence-electron chi connectivity index (χ4n) is 4.03. The van der Waals surface area contributed by atoms with Gasteiger partial charge in [0.1, 0.15) is 11.3 Å². The molecule has 0 saturated heterocycles. The number of nitrogens with one attached hydrogen (secondary N) is 1. The molecular formula is C28H30FN3O5S. The molecule has 2 heterocycles. The van der Waals surface area contributed by atoms with Crippen molar-refractivity contribution in [3.05, 3.63) is 94.4 Å². The van der Waals surface area contributed by atoms with Crippen LogP contribution in [0.4, 0.5) is 4.39 Å². The number of sulfonamides is 1. The Balaban J connectivity index is 0.00000280. The molecular weight excluding hydrogens is 509 g/mol. The highest BCUT2D eigenvalue weighted by Gasteiger charge is 2.25. The van der Waals surface area contributed by atoms with E-state index < -0.39 is 21.7 Å². The van der Waals surface area contributed by atoms with Gasteiger partial charge in [-0.3, -0.25) is 4.79 Å². The first-order valence-electron chi connectivity index (χ1n) is 11.6. The minimum atomic E-state index is -4.29. The van der Waals surface area contributed by atoms with E-state index in [0.29, 0.717) is 11.4 Å². The van der Waals surface area contributed by atoms with E-state index >= 15 is 4.39 Å². The first-order valence-corrected chi connectivity index (χ1v) is 13.1. The SMILES string of the molecule is COc1cccc(-c2ccc(C(=O)NS(=O)(=O)c3cccc(C)n3)c(Oc3c(C)cc(C)cc3C)n2)c1F.[HH].[HH]. The molecule has 8 nitrogen and oxygen atoms in total. The first-order chi connectivity index (χ1) is 18.0. The summed E-state index contributed by atoms with van der Waals surface area (Å²) in [5.41, 5.74) is 3.18. The summed E-state index contributed by atoms with van der Waals surface area (Å²) in [6.07, 6.45) is 0. The molecule has 0 unspecified atom stereocenters. The highest BCUT2D eigenvalue weighted by molar-refractivity contribution is 7.90. The Kier molecular flexibility index (Phi) is 7.45. The van der Waals surface area contributed by atoms with Gasteiger partial charge < -0.3 is 9.47 Å². The summed E-state index contributed by atoms with van der Waals surface area (Å²) in [5, 5.41) is -0.304. The van der Waals surface area contributed by atoms with Crippen molar-refractivity contribution in [3.63, 3.8) is 0 Å². The fourth-order valence-corrected chi connectivity index (χ4v) is 5.01. The Bertz CT molecular complexity index is 1640. The molecule has 2 aromatic heterocycles. The van der Waals surface area contributed by atoms with Gasteiger partial charge in [-0.25, -0.2) is 19.1 Å². The van der Waals surface area contributed by atoms with E-state index in [1.54, 1.807) is 19.1 Å². The molecule has 200 valence electrons. The van der Waals surface area contributed by atoms with Crippen molar-refractivity contribution in [2.45, 2.75) is 32.7 Å². The topological polar surface area (TPSA) is 107 Å². The number of methoxy groups -OCH3 is 1. The molecule has 0 aliphatic rings. The number of nitrogens with zero attached hydrogens (tertiary/aromatic N) is 2. The van der Waals surface area contributed by atoms with Crippen LogP contribution in [0.2, 0.25) is 0 Å². The third kappa shape index (κ3) is 5.50. The molecule has 0 radical (unpaired) electrons. The van der Waals surface area contributed by atoms with Gasteiger partial charge in [0.2, 0.25) is 5.88 Å². The highest BCUT2D eigenvalue weighted by atomic mass is 32.2. The van der Waals surface area contributed by atoms with E-state index in [0.717, 1.165) is 16.7 Å². The number of aromatic nitrogens is 2. The van der Waals surface area contributed by atoms with Crippen LogP contribution < -0.4 is 14.2 Å². The molecule has 0 fully saturated rings. The minimum Gasteiger partial charge on any atom is -0.494 e. The third-order valence-corrected chi connectivity index (χ3v) is 6.96. The van der Waals surface area contributed by atoms with Crippen LogP contribution in [-0.2, 0) is 10.0 Å². The number of benzene rings is 2. The molecule has 2 aromatic carbocycles. The lowest BCUT2D eigenvalue weighted by Crippen LogP contribution is -2.31. The van der Waals surface area contributed by atoms with E-state index in [2.05, 4.69) is 9.97 Å². The van der Waals surface area contributed by atoms with Crippen LogP contribution in [0.25, 0.3) is 11.3 Å². The summed E-state index contributed by atoms with van der Waals surface area (Å²) in [4.78, 5) is 21.7. The van der Waals surface area contributed by atoms with Crippen LogP contribution in [0.5, 0.6) is 17.4 Å². The molecule has 0 atom stereocenters. The third-order valence-electron chi connectivity index (χ3n) is 5.73. The fraction of sp³-hybridized carbons (Fsp3) is 0.179. The average Bonchev–Trinajstić information content (AvgIpc) is 2.86. The lowest BCUT2D eigenvalue weighted by atomic mass is 10.1. The maximum atomic E-state index is 15.0. The first kappa shape index (κ1) is 26.7. The molecule has 0 saturated carbocycles. The van der Waals surface area contributed by atoms with Crippen LogP contribution in [0.15, 0.2) is 65.7 Å². The van der Waals surface area contributed by atoms with Crippen molar-refractivity contribution >= 4 is 15.9 Å². The number of hydrogen-bond donors (Lipinski definition) is 1. The molecule has 10 heteroatoms. The molecule has 4 aromatic rings. The number of halogens is 1. The average molecular weight is 540 g/mol. The van der Waals surface area contributed by atoms with E-state index in [9.17, 15) is 13.2 Å². The minimum absolute atomic E-state index is 0. The number of amides is 1. The Morgan fingerprint density at radius 2 is 1.63 bits per heavy atom. The summed E-state index contributed by atoms with van der Waals surface area (Å²) in [7, 11) is -2.94. The molecule has 1 N–H and O–H groups in total. The summed E-state index contributed by atoms with van der Waals surface area (Å²) in [6, 6.07) is 15.6. The Morgan fingerprint density at radius 1 is 0.947 bits per heavy atom. The van der Waals surface area contributed by atoms with Gasteiger partial charge in [0.15, 0.2) is 16.6 Å². The van der Waals surface area contributed by atoms with Gasteiger partial charge in [-0.2, -0.15) is 8.42 Å². The van der Waals surface area contributed by atoms with E-state index in [-0.39, 0.29) is 36.3 Å². The molecule has 38 heavy (non-hydrogen) atoms. The number of aryl methyl sites for hydroxylation is 4. The molecule has 4 rings (SSSR count).